The highest BCUT2D eigenvalue weighted by molar-refractivity contribution is 4.87. The van der Waals surface area contributed by atoms with E-state index in [0.29, 0.717) is 11.5 Å². The van der Waals surface area contributed by atoms with Crippen molar-refractivity contribution in [2.45, 2.75) is 117 Å². The fraction of sp³-hybridized carbons (Fsp3) is 1.00. The molecule has 0 saturated heterocycles. The van der Waals surface area contributed by atoms with Gasteiger partial charge in [-0.25, -0.2) is 0 Å². The Hall–Kier alpha value is -0.0400. The van der Waals surface area contributed by atoms with E-state index in [-0.39, 0.29) is 0 Å². The van der Waals surface area contributed by atoms with Crippen molar-refractivity contribution in [1.82, 2.24) is 0 Å². The van der Waals surface area contributed by atoms with Crippen LogP contribution in [0, 0.1) is 17.3 Å². The van der Waals surface area contributed by atoms with Gasteiger partial charge >= 0.3 is 0 Å². The van der Waals surface area contributed by atoms with Gasteiger partial charge in [0, 0.05) is 6.61 Å². The van der Waals surface area contributed by atoms with E-state index >= 15 is 0 Å². The van der Waals surface area contributed by atoms with E-state index in [1.165, 1.54) is 89.9 Å². The molecule has 1 nitrogen and oxygen atoms in total. The van der Waals surface area contributed by atoms with E-state index in [2.05, 4.69) is 20.8 Å². The molecule has 0 aromatic carbocycles. The van der Waals surface area contributed by atoms with Gasteiger partial charge in [-0.2, -0.15) is 0 Å². The first-order valence-corrected chi connectivity index (χ1v) is 10.8. The van der Waals surface area contributed by atoms with E-state index in [1.54, 1.807) is 0 Å². The molecule has 2 saturated carbocycles. The topological polar surface area (TPSA) is 9.23 Å². The molecule has 1 heteroatoms. The number of rotatable bonds is 9. The quantitative estimate of drug-likeness (QED) is 0.410. The van der Waals surface area contributed by atoms with Gasteiger partial charge < -0.3 is 4.74 Å². The van der Waals surface area contributed by atoms with E-state index in [0.717, 1.165) is 18.4 Å². The molecule has 2 aliphatic rings. The molecular formula is C22H42O. The fourth-order valence-electron chi connectivity index (χ4n) is 4.98. The third kappa shape index (κ3) is 6.40. The summed E-state index contributed by atoms with van der Waals surface area (Å²) < 4.78 is 6.05. The van der Waals surface area contributed by atoms with Gasteiger partial charge in [0.2, 0.25) is 0 Å². The Morgan fingerprint density at radius 1 is 0.783 bits per heavy atom. The molecule has 0 amide bonds. The van der Waals surface area contributed by atoms with Crippen LogP contribution in [0.15, 0.2) is 0 Å². The van der Waals surface area contributed by atoms with Crippen molar-refractivity contribution in [2.75, 3.05) is 6.61 Å². The molecule has 2 fully saturated rings. The van der Waals surface area contributed by atoms with Gasteiger partial charge in [0.05, 0.1) is 6.10 Å². The Bertz CT molecular complexity index is 295. The molecule has 0 N–H and O–H groups in total. The summed E-state index contributed by atoms with van der Waals surface area (Å²) in [5.74, 6) is 2.05. The van der Waals surface area contributed by atoms with Gasteiger partial charge in [-0.1, -0.05) is 46.5 Å². The lowest BCUT2D eigenvalue weighted by atomic mass is 9.64. The largest absolute Gasteiger partial charge is 0.378 e. The summed E-state index contributed by atoms with van der Waals surface area (Å²) in [5, 5.41) is 0. The second-order valence-corrected chi connectivity index (χ2v) is 8.87. The van der Waals surface area contributed by atoms with Crippen LogP contribution in [-0.2, 0) is 4.74 Å². The number of hydrogen-bond acceptors (Lipinski definition) is 1. The van der Waals surface area contributed by atoms with Crippen LogP contribution >= 0.6 is 0 Å². The molecule has 0 atom stereocenters. The molecule has 0 radical (unpaired) electrons. The van der Waals surface area contributed by atoms with Crippen molar-refractivity contribution < 1.29 is 4.74 Å². The summed E-state index contributed by atoms with van der Waals surface area (Å²) >= 11 is 0. The number of hydrogen-bond donors (Lipinski definition) is 0. The lowest BCUT2D eigenvalue weighted by Crippen LogP contribution is -2.31. The Kier molecular flexibility index (Phi) is 8.44. The highest BCUT2D eigenvalue weighted by atomic mass is 16.5. The SMILES string of the molecule is CCCCCC1(C)CCC(C2CCC(OCCCC)CC2)CC1. The van der Waals surface area contributed by atoms with Crippen LogP contribution in [0.5, 0.6) is 0 Å². The van der Waals surface area contributed by atoms with Gasteiger partial charge in [-0.05, 0) is 81.5 Å². The van der Waals surface area contributed by atoms with Gasteiger partial charge in [0.1, 0.15) is 0 Å². The first kappa shape index (κ1) is 19.3. The standard InChI is InChI=1S/C22H42O/c1-4-6-8-15-22(3)16-13-20(14-17-22)19-9-11-21(12-10-19)23-18-7-5-2/h19-21H,4-18H2,1-3H3. The molecule has 2 aliphatic carbocycles. The molecule has 0 aromatic rings. The summed E-state index contributed by atoms with van der Waals surface area (Å²) in [6.45, 7) is 8.13. The number of unbranched alkanes of at least 4 members (excludes halogenated alkanes) is 3. The monoisotopic (exact) mass is 322 g/mol. The molecule has 0 spiro atoms. The summed E-state index contributed by atoms with van der Waals surface area (Å²) in [6, 6.07) is 0. The van der Waals surface area contributed by atoms with Crippen LogP contribution in [0.4, 0.5) is 0 Å². The van der Waals surface area contributed by atoms with Gasteiger partial charge in [-0.15, -0.1) is 0 Å². The van der Waals surface area contributed by atoms with Crippen LogP contribution < -0.4 is 0 Å². The molecule has 0 bridgehead atoms. The molecule has 23 heavy (non-hydrogen) atoms. The van der Waals surface area contributed by atoms with Crippen molar-refractivity contribution >= 4 is 0 Å². The second kappa shape index (κ2) is 10.1. The maximum atomic E-state index is 6.05. The van der Waals surface area contributed by atoms with E-state index in [1.807, 2.05) is 0 Å². The van der Waals surface area contributed by atoms with Crippen LogP contribution in [0.2, 0.25) is 0 Å². The summed E-state index contributed by atoms with van der Waals surface area (Å²) in [7, 11) is 0. The number of ether oxygens (including phenoxy) is 1. The Morgan fingerprint density at radius 2 is 1.39 bits per heavy atom. The third-order valence-corrected chi connectivity index (χ3v) is 6.86. The molecular weight excluding hydrogens is 280 g/mol. The summed E-state index contributed by atoms with van der Waals surface area (Å²) in [4.78, 5) is 0. The maximum Gasteiger partial charge on any atom is 0.0575 e. The molecule has 0 heterocycles. The van der Waals surface area contributed by atoms with Crippen molar-refractivity contribution in [2.24, 2.45) is 17.3 Å². The first-order chi connectivity index (χ1) is 11.2. The second-order valence-electron chi connectivity index (χ2n) is 8.87. The predicted octanol–water partition coefficient (Wildman–Crippen LogP) is 7.14. The van der Waals surface area contributed by atoms with E-state index in [9.17, 15) is 0 Å². The lowest BCUT2D eigenvalue weighted by Gasteiger charge is -2.42. The minimum absolute atomic E-state index is 0.584. The zero-order valence-corrected chi connectivity index (χ0v) is 16.2. The van der Waals surface area contributed by atoms with Crippen molar-refractivity contribution in [1.29, 1.82) is 0 Å². The van der Waals surface area contributed by atoms with E-state index < -0.39 is 0 Å². The Labute approximate surface area is 146 Å². The van der Waals surface area contributed by atoms with Crippen molar-refractivity contribution in [3.8, 4) is 0 Å². The maximum absolute atomic E-state index is 6.05. The van der Waals surface area contributed by atoms with Gasteiger partial charge in [-0.3, -0.25) is 0 Å². The molecule has 136 valence electrons. The van der Waals surface area contributed by atoms with Crippen molar-refractivity contribution in [3.63, 3.8) is 0 Å². The zero-order chi connectivity index (χ0) is 16.5. The Balaban J connectivity index is 1.64. The van der Waals surface area contributed by atoms with Crippen LogP contribution in [0.3, 0.4) is 0 Å². The average molecular weight is 323 g/mol. The smallest absolute Gasteiger partial charge is 0.0575 e. The highest BCUT2D eigenvalue weighted by Gasteiger charge is 2.35. The summed E-state index contributed by atoms with van der Waals surface area (Å²) in [5.41, 5.74) is 0.673. The molecule has 0 unspecified atom stereocenters. The van der Waals surface area contributed by atoms with Crippen LogP contribution in [0.25, 0.3) is 0 Å². The lowest BCUT2D eigenvalue weighted by molar-refractivity contribution is 0.00256. The molecule has 0 aromatic heterocycles. The normalized spacial score (nSPS) is 35.3. The predicted molar refractivity (Wildman–Crippen MR) is 101 cm³/mol. The third-order valence-electron chi connectivity index (χ3n) is 6.86. The minimum atomic E-state index is 0.584. The van der Waals surface area contributed by atoms with Crippen LogP contribution in [-0.4, -0.2) is 12.7 Å². The highest BCUT2D eigenvalue weighted by Crippen LogP contribution is 2.47. The van der Waals surface area contributed by atoms with Crippen molar-refractivity contribution in [3.05, 3.63) is 0 Å². The van der Waals surface area contributed by atoms with Gasteiger partial charge in [0.25, 0.3) is 0 Å². The Morgan fingerprint density at radius 3 is 2.00 bits per heavy atom. The fourth-order valence-corrected chi connectivity index (χ4v) is 4.98. The molecule has 2 rings (SSSR count). The summed E-state index contributed by atoms with van der Waals surface area (Å²) in [6.07, 6.45) is 20.4. The average Bonchev–Trinajstić information content (AvgIpc) is 2.57. The minimum Gasteiger partial charge on any atom is -0.378 e. The first-order valence-electron chi connectivity index (χ1n) is 10.8. The van der Waals surface area contributed by atoms with Crippen LogP contribution in [0.1, 0.15) is 111 Å². The van der Waals surface area contributed by atoms with Gasteiger partial charge in [0.15, 0.2) is 0 Å². The zero-order valence-electron chi connectivity index (χ0n) is 16.2. The molecule has 0 aliphatic heterocycles. The van der Waals surface area contributed by atoms with E-state index in [4.69, 9.17) is 4.74 Å².